The van der Waals surface area contributed by atoms with E-state index in [-0.39, 0.29) is 17.9 Å². The van der Waals surface area contributed by atoms with Crippen LogP contribution < -0.4 is 0 Å². The molecule has 0 unspecified atom stereocenters. The summed E-state index contributed by atoms with van der Waals surface area (Å²) in [5.74, 6) is -0.136. The Balaban J connectivity index is 1.25. The second-order valence-electron chi connectivity index (χ2n) is 7.85. The highest BCUT2D eigenvalue weighted by atomic mass is 16.2. The number of benzene rings is 1. The van der Waals surface area contributed by atoms with Gasteiger partial charge in [-0.05, 0) is 30.4 Å². The van der Waals surface area contributed by atoms with Gasteiger partial charge in [0.15, 0.2) is 5.69 Å². The molecule has 1 N–H and O–H groups in total. The van der Waals surface area contributed by atoms with Gasteiger partial charge in [-0.25, -0.2) is 4.68 Å². The zero-order chi connectivity index (χ0) is 20.5. The minimum Gasteiger partial charge on any atom is -0.334 e. The SMILES string of the molecule is O=C(c1cn(C[C@@H]2CCCN2C(=O)c2cn[nH]c2)nn1)N1CCc2ccccc2C1. The number of nitrogens with one attached hydrogen (secondary N) is 1. The highest BCUT2D eigenvalue weighted by molar-refractivity contribution is 5.94. The number of aromatic nitrogens is 5. The van der Waals surface area contributed by atoms with Crippen LogP contribution in [-0.2, 0) is 19.5 Å². The van der Waals surface area contributed by atoms with Gasteiger partial charge in [0.05, 0.1) is 30.5 Å². The van der Waals surface area contributed by atoms with Crippen LogP contribution in [0.3, 0.4) is 0 Å². The van der Waals surface area contributed by atoms with Crippen molar-refractivity contribution in [1.82, 2.24) is 35.0 Å². The molecule has 5 rings (SSSR count). The van der Waals surface area contributed by atoms with E-state index in [1.54, 1.807) is 23.3 Å². The molecule has 2 aliphatic heterocycles. The van der Waals surface area contributed by atoms with Crippen molar-refractivity contribution in [2.24, 2.45) is 0 Å². The van der Waals surface area contributed by atoms with E-state index in [2.05, 4.69) is 32.6 Å². The smallest absolute Gasteiger partial charge is 0.276 e. The Labute approximate surface area is 173 Å². The monoisotopic (exact) mass is 405 g/mol. The number of fused-ring (bicyclic) bond motifs is 1. The Hall–Kier alpha value is -3.49. The molecule has 1 fully saturated rings. The lowest BCUT2D eigenvalue weighted by molar-refractivity contribution is 0.0714. The van der Waals surface area contributed by atoms with Crippen molar-refractivity contribution in [3.05, 3.63) is 65.2 Å². The molecule has 0 radical (unpaired) electrons. The highest BCUT2D eigenvalue weighted by Gasteiger charge is 2.31. The summed E-state index contributed by atoms with van der Waals surface area (Å²) in [6.45, 7) is 2.50. The van der Waals surface area contributed by atoms with E-state index in [9.17, 15) is 9.59 Å². The van der Waals surface area contributed by atoms with Crippen LogP contribution in [0.25, 0.3) is 0 Å². The minimum absolute atomic E-state index is 0.0268. The number of hydrogen-bond donors (Lipinski definition) is 1. The molecule has 1 aromatic carbocycles. The highest BCUT2D eigenvalue weighted by Crippen LogP contribution is 2.22. The summed E-state index contributed by atoms with van der Waals surface area (Å²) >= 11 is 0. The molecule has 1 atom stereocenters. The number of carbonyl (C=O) groups excluding carboxylic acids is 2. The third kappa shape index (κ3) is 3.47. The van der Waals surface area contributed by atoms with Gasteiger partial charge in [-0.15, -0.1) is 5.10 Å². The molecule has 30 heavy (non-hydrogen) atoms. The lowest BCUT2D eigenvalue weighted by Gasteiger charge is -2.28. The third-order valence-corrected chi connectivity index (χ3v) is 5.96. The van der Waals surface area contributed by atoms with Crippen molar-refractivity contribution in [2.75, 3.05) is 13.1 Å². The van der Waals surface area contributed by atoms with Gasteiger partial charge in [-0.1, -0.05) is 29.5 Å². The zero-order valence-electron chi connectivity index (χ0n) is 16.6. The standard InChI is InChI=1S/C21H23N7O2/c29-20(17-10-22-23-11-17)28-8-3-6-18(28)13-27-14-19(24-25-27)21(30)26-9-7-15-4-1-2-5-16(15)12-26/h1-2,4-5,10-11,14,18H,3,6-9,12-13H2,(H,22,23)/t18-/m0/s1. The summed E-state index contributed by atoms with van der Waals surface area (Å²) in [5.41, 5.74) is 3.39. The van der Waals surface area contributed by atoms with Crippen LogP contribution in [0.1, 0.15) is 44.8 Å². The Morgan fingerprint density at radius 3 is 2.83 bits per heavy atom. The van der Waals surface area contributed by atoms with Gasteiger partial charge in [0.2, 0.25) is 0 Å². The molecule has 4 heterocycles. The van der Waals surface area contributed by atoms with Gasteiger partial charge < -0.3 is 9.80 Å². The molecule has 2 amide bonds. The number of H-pyrrole nitrogens is 1. The van der Waals surface area contributed by atoms with Gasteiger partial charge in [0.25, 0.3) is 11.8 Å². The topological polar surface area (TPSA) is 100 Å². The van der Waals surface area contributed by atoms with Crippen molar-refractivity contribution in [2.45, 2.75) is 38.4 Å². The van der Waals surface area contributed by atoms with Crippen LogP contribution >= 0.6 is 0 Å². The van der Waals surface area contributed by atoms with E-state index < -0.39 is 0 Å². The Morgan fingerprint density at radius 2 is 2.00 bits per heavy atom. The fraction of sp³-hybridized carbons (Fsp3) is 0.381. The second-order valence-corrected chi connectivity index (χ2v) is 7.85. The maximum Gasteiger partial charge on any atom is 0.276 e. The van der Waals surface area contributed by atoms with Crippen LogP contribution in [0.5, 0.6) is 0 Å². The van der Waals surface area contributed by atoms with E-state index in [0.717, 1.165) is 19.3 Å². The van der Waals surface area contributed by atoms with E-state index in [4.69, 9.17) is 0 Å². The van der Waals surface area contributed by atoms with Gasteiger partial charge in [-0.2, -0.15) is 5.10 Å². The van der Waals surface area contributed by atoms with Gasteiger partial charge in [0, 0.05) is 25.8 Å². The predicted octanol–water partition coefficient (Wildman–Crippen LogP) is 1.50. The van der Waals surface area contributed by atoms with Crippen LogP contribution in [0.2, 0.25) is 0 Å². The molecule has 0 aliphatic carbocycles. The van der Waals surface area contributed by atoms with E-state index in [0.29, 0.717) is 37.4 Å². The fourth-order valence-corrected chi connectivity index (χ4v) is 4.36. The maximum absolute atomic E-state index is 12.9. The second kappa shape index (κ2) is 7.74. The molecular weight excluding hydrogens is 382 g/mol. The predicted molar refractivity (Wildman–Crippen MR) is 108 cm³/mol. The quantitative estimate of drug-likeness (QED) is 0.709. The number of likely N-dealkylation sites (tertiary alicyclic amines) is 1. The molecular formula is C21H23N7O2. The largest absolute Gasteiger partial charge is 0.334 e. The summed E-state index contributed by atoms with van der Waals surface area (Å²) in [5, 5.41) is 14.8. The average molecular weight is 405 g/mol. The first kappa shape index (κ1) is 18.5. The molecule has 0 saturated carbocycles. The summed E-state index contributed by atoms with van der Waals surface area (Å²) in [4.78, 5) is 29.3. The minimum atomic E-state index is -0.103. The number of rotatable bonds is 4. The van der Waals surface area contributed by atoms with E-state index in [1.807, 2.05) is 21.9 Å². The van der Waals surface area contributed by atoms with Crippen molar-refractivity contribution >= 4 is 11.8 Å². The first-order chi connectivity index (χ1) is 14.7. The number of nitrogens with zero attached hydrogens (tertiary/aromatic N) is 6. The summed E-state index contributed by atoms with van der Waals surface area (Å²) < 4.78 is 1.68. The molecule has 0 bridgehead atoms. The van der Waals surface area contributed by atoms with Gasteiger partial charge in [0.1, 0.15) is 0 Å². The molecule has 154 valence electrons. The first-order valence-corrected chi connectivity index (χ1v) is 10.2. The summed E-state index contributed by atoms with van der Waals surface area (Å²) in [6, 6.07) is 8.24. The Morgan fingerprint density at radius 1 is 1.13 bits per heavy atom. The first-order valence-electron chi connectivity index (χ1n) is 10.2. The molecule has 9 nitrogen and oxygen atoms in total. The van der Waals surface area contributed by atoms with Crippen LogP contribution in [0.15, 0.2) is 42.9 Å². The molecule has 2 aliphatic rings. The number of hydrogen-bond acceptors (Lipinski definition) is 5. The summed E-state index contributed by atoms with van der Waals surface area (Å²) in [6.07, 6.45) is 7.55. The molecule has 0 spiro atoms. The Bertz CT molecular complexity index is 1060. The van der Waals surface area contributed by atoms with Crippen molar-refractivity contribution in [1.29, 1.82) is 0 Å². The fourth-order valence-electron chi connectivity index (χ4n) is 4.36. The van der Waals surface area contributed by atoms with Crippen LogP contribution in [0.4, 0.5) is 0 Å². The molecule has 2 aromatic heterocycles. The molecule has 1 saturated heterocycles. The van der Waals surface area contributed by atoms with Crippen molar-refractivity contribution < 1.29 is 9.59 Å². The van der Waals surface area contributed by atoms with Gasteiger partial charge in [-0.3, -0.25) is 14.7 Å². The number of carbonyl (C=O) groups is 2. The molecule has 3 aromatic rings. The van der Waals surface area contributed by atoms with Crippen molar-refractivity contribution in [3.63, 3.8) is 0 Å². The van der Waals surface area contributed by atoms with E-state index >= 15 is 0 Å². The van der Waals surface area contributed by atoms with Gasteiger partial charge >= 0.3 is 0 Å². The average Bonchev–Trinajstić information content (AvgIpc) is 3.54. The van der Waals surface area contributed by atoms with E-state index in [1.165, 1.54) is 11.1 Å². The van der Waals surface area contributed by atoms with Crippen LogP contribution in [-0.4, -0.2) is 65.9 Å². The lowest BCUT2D eigenvalue weighted by atomic mass is 10.00. The van der Waals surface area contributed by atoms with Crippen LogP contribution in [0, 0.1) is 0 Å². The normalized spacial score (nSPS) is 18.5. The van der Waals surface area contributed by atoms with Crippen molar-refractivity contribution in [3.8, 4) is 0 Å². The third-order valence-electron chi connectivity index (χ3n) is 5.96. The maximum atomic E-state index is 12.9. The number of aromatic amines is 1. The number of amides is 2. The Kier molecular flexibility index (Phi) is 4.78. The zero-order valence-corrected chi connectivity index (χ0v) is 16.6. The molecule has 9 heteroatoms. The lowest BCUT2D eigenvalue weighted by Crippen LogP contribution is -2.38. The summed E-state index contributed by atoms with van der Waals surface area (Å²) in [7, 11) is 0.